The third-order valence-corrected chi connectivity index (χ3v) is 6.00. The lowest BCUT2D eigenvalue weighted by Crippen LogP contribution is -2.26. The molecule has 0 unspecified atom stereocenters. The van der Waals surface area contributed by atoms with Crippen molar-refractivity contribution in [2.45, 2.75) is 12.3 Å². The molecular formula is C24H21NO4S. The summed E-state index contributed by atoms with van der Waals surface area (Å²) in [6, 6.07) is 18.1. The van der Waals surface area contributed by atoms with Crippen LogP contribution < -0.4 is 5.32 Å². The number of carboxylic acids is 1. The average Bonchev–Trinajstić information content (AvgIpc) is 3.35. The maximum absolute atomic E-state index is 12.1. The highest BCUT2D eigenvalue weighted by Crippen LogP contribution is 2.44. The molecule has 0 radical (unpaired) electrons. The predicted molar refractivity (Wildman–Crippen MR) is 118 cm³/mol. The van der Waals surface area contributed by atoms with E-state index in [1.165, 1.54) is 33.6 Å². The molecule has 0 fully saturated rings. The summed E-state index contributed by atoms with van der Waals surface area (Å²) in [6.45, 7) is 0.742. The second-order valence-corrected chi connectivity index (χ2v) is 7.90. The highest BCUT2D eigenvalue weighted by Gasteiger charge is 2.28. The summed E-state index contributed by atoms with van der Waals surface area (Å²) in [5.41, 5.74) is 5.62. The van der Waals surface area contributed by atoms with E-state index in [0.29, 0.717) is 24.4 Å². The van der Waals surface area contributed by atoms with Gasteiger partial charge in [0.1, 0.15) is 11.5 Å². The summed E-state index contributed by atoms with van der Waals surface area (Å²) in [6.07, 6.45) is 3.94. The number of nitrogens with one attached hydrogen (secondary N) is 1. The molecule has 5 nitrogen and oxygen atoms in total. The molecule has 0 bridgehead atoms. The Labute approximate surface area is 178 Å². The molecule has 2 N–H and O–H groups in total. The molecule has 3 aromatic rings. The van der Waals surface area contributed by atoms with Gasteiger partial charge in [0.15, 0.2) is 0 Å². The Hall–Kier alpha value is -3.38. The quantitative estimate of drug-likeness (QED) is 0.504. The van der Waals surface area contributed by atoms with Crippen LogP contribution in [0.2, 0.25) is 0 Å². The summed E-state index contributed by atoms with van der Waals surface area (Å²) in [5.74, 6) is -0.873. The number of rotatable bonds is 7. The molecule has 0 aliphatic heterocycles. The van der Waals surface area contributed by atoms with Crippen LogP contribution in [-0.4, -0.2) is 30.3 Å². The fourth-order valence-electron chi connectivity index (χ4n) is 3.68. The zero-order valence-electron chi connectivity index (χ0n) is 16.2. The standard InChI is InChI=1S/C24H21NO4S/c26-23(27)22-13-16(15-30-22)7-5-6-12-25-24(28)29-14-21-19-10-3-1-8-17(19)18-9-2-4-11-20(18)21/h1-5,7-11,13,15,21H,6,12,14H2,(H,25,28)(H,26,27). The molecule has 152 valence electrons. The van der Waals surface area contributed by atoms with E-state index in [9.17, 15) is 9.59 Å². The first-order chi connectivity index (χ1) is 14.6. The molecule has 2 aromatic carbocycles. The molecule has 0 saturated heterocycles. The summed E-state index contributed by atoms with van der Waals surface area (Å²) < 4.78 is 5.50. The van der Waals surface area contributed by atoms with Crippen molar-refractivity contribution in [3.05, 3.63) is 87.6 Å². The predicted octanol–water partition coefficient (Wildman–Crippen LogP) is 5.39. The lowest BCUT2D eigenvalue weighted by molar-refractivity contribution is 0.0702. The lowest BCUT2D eigenvalue weighted by atomic mass is 9.98. The second-order valence-electron chi connectivity index (χ2n) is 6.99. The van der Waals surface area contributed by atoms with Crippen molar-refractivity contribution < 1.29 is 19.4 Å². The second kappa shape index (κ2) is 8.97. The van der Waals surface area contributed by atoms with Crippen LogP contribution in [0.15, 0.2) is 66.1 Å². The fraction of sp³-hybridized carbons (Fsp3) is 0.167. The van der Waals surface area contributed by atoms with Gasteiger partial charge in [-0.05, 0) is 45.7 Å². The molecule has 1 aliphatic rings. The number of alkyl carbamates (subject to hydrolysis) is 1. The monoisotopic (exact) mass is 419 g/mol. The zero-order chi connectivity index (χ0) is 20.9. The Morgan fingerprint density at radius 3 is 2.37 bits per heavy atom. The highest BCUT2D eigenvalue weighted by atomic mass is 32.1. The Kier molecular flexibility index (Phi) is 5.95. The first kappa shape index (κ1) is 19.9. The lowest BCUT2D eigenvalue weighted by Gasteiger charge is -2.14. The number of hydrogen-bond donors (Lipinski definition) is 2. The molecule has 6 heteroatoms. The molecule has 1 amide bonds. The summed E-state index contributed by atoms with van der Waals surface area (Å²) in [5, 5.41) is 13.5. The Bertz CT molecular complexity index is 1060. The maximum Gasteiger partial charge on any atom is 0.407 e. The molecule has 30 heavy (non-hydrogen) atoms. The van der Waals surface area contributed by atoms with E-state index in [-0.39, 0.29) is 5.92 Å². The van der Waals surface area contributed by atoms with Crippen molar-refractivity contribution in [1.82, 2.24) is 5.32 Å². The van der Waals surface area contributed by atoms with E-state index in [0.717, 1.165) is 5.56 Å². The number of benzene rings is 2. The van der Waals surface area contributed by atoms with E-state index in [2.05, 4.69) is 29.6 Å². The van der Waals surface area contributed by atoms with Crippen LogP contribution in [0.25, 0.3) is 17.2 Å². The topological polar surface area (TPSA) is 75.6 Å². The van der Waals surface area contributed by atoms with Crippen molar-refractivity contribution in [3.63, 3.8) is 0 Å². The normalized spacial score (nSPS) is 12.5. The first-order valence-electron chi connectivity index (χ1n) is 9.70. The third-order valence-electron chi connectivity index (χ3n) is 5.06. The van der Waals surface area contributed by atoms with Gasteiger partial charge in [0.25, 0.3) is 0 Å². The molecular weight excluding hydrogens is 398 g/mol. The van der Waals surface area contributed by atoms with Gasteiger partial charge in [-0.1, -0.05) is 60.7 Å². The van der Waals surface area contributed by atoms with Crippen LogP contribution >= 0.6 is 11.3 Å². The number of thiophene rings is 1. The summed E-state index contributed by atoms with van der Waals surface area (Å²) >= 11 is 1.19. The van der Waals surface area contributed by atoms with Crippen LogP contribution in [0.3, 0.4) is 0 Å². The van der Waals surface area contributed by atoms with Crippen molar-refractivity contribution >= 4 is 29.5 Å². The van der Waals surface area contributed by atoms with Gasteiger partial charge >= 0.3 is 12.1 Å². The number of fused-ring (bicyclic) bond motifs is 3. The number of hydrogen-bond acceptors (Lipinski definition) is 4. The minimum absolute atomic E-state index is 0.0464. The molecule has 0 saturated carbocycles. The van der Waals surface area contributed by atoms with Crippen LogP contribution in [0.4, 0.5) is 4.79 Å². The van der Waals surface area contributed by atoms with Gasteiger partial charge in [0.2, 0.25) is 0 Å². The maximum atomic E-state index is 12.1. The summed E-state index contributed by atoms with van der Waals surface area (Å²) in [4.78, 5) is 23.3. The van der Waals surface area contributed by atoms with Crippen molar-refractivity contribution in [2.24, 2.45) is 0 Å². The van der Waals surface area contributed by atoms with Crippen molar-refractivity contribution in [2.75, 3.05) is 13.2 Å². The van der Waals surface area contributed by atoms with Gasteiger partial charge in [0.05, 0.1) is 0 Å². The molecule has 1 heterocycles. The average molecular weight is 420 g/mol. The molecule has 0 spiro atoms. The van der Waals surface area contributed by atoms with E-state index in [1.807, 2.05) is 36.4 Å². The van der Waals surface area contributed by atoms with Crippen LogP contribution in [0.5, 0.6) is 0 Å². The molecule has 4 rings (SSSR count). The van der Waals surface area contributed by atoms with E-state index >= 15 is 0 Å². The van der Waals surface area contributed by atoms with Gasteiger partial charge in [-0.15, -0.1) is 11.3 Å². The first-order valence-corrected chi connectivity index (χ1v) is 10.6. The summed E-state index contributed by atoms with van der Waals surface area (Å²) in [7, 11) is 0. The van der Waals surface area contributed by atoms with E-state index in [1.54, 1.807) is 11.4 Å². The number of aromatic carboxylic acids is 1. The Balaban J connectivity index is 1.26. The Morgan fingerprint density at radius 2 is 1.73 bits per heavy atom. The minimum atomic E-state index is -0.920. The SMILES string of the molecule is O=C(NCCC=Cc1csc(C(=O)O)c1)OCC1c2ccccc2-c2ccccc21. The van der Waals surface area contributed by atoms with E-state index in [4.69, 9.17) is 9.84 Å². The number of carboxylic acid groups (broad SMARTS) is 1. The number of amides is 1. The molecule has 1 aromatic heterocycles. The van der Waals surface area contributed by atoms with Crippen molar-refractivity contribution in [1.29, 1.82) is 0 Å². The van der Waals surface area contributed by atoms with Gasteiger partial charge < -0.3 is 15.2 Å². The van der Waals surface area contributed by atoms with Crippen LogP contribution in [-0.2, 0) is 4.74 Å². The van der Waals surface area contributed by atoms with Gasteiger partial charge in [0, 0.05) is 12.5 Å². The van der Waals surface area contributed by atoms with Crippen LogP contribution in [0, 0.1) is 0 Å². The minimum Gasteiger partial charge on any atom is -0.477 e. The third kappa shape index (κ3) is 4.28. The fourth-order valence-corrected chi connectivity index (χ4v) is 4.39. The Morgan fingerprint density at radius 1 is 1.07 bits per heavy atom. The molecule has 1 aliphatic carbocycles. The number of ether oxygens (including phenoxy) is 1. The smallest absolute Gasteiger partial charge is 0.407 e. The van der Waals surface area contributed by atoms with Gasteiger partial charge in [-0.3, -0.25) is 0 Å². The highest BCUT2D eigenvalue weighted by molar-refractivity contribution is 7.12. The van der Waals surface area contributed by atoms with Crippen molar-refractivity contribution in [3.8, 4) is 11.1 Å². The van der Waals surface area contributed by atoms with Gasteiger partial charge in [-0.25, -0.2) is 9.59 Å². The largest absolute Gasteiger partial charge is 0.477 e. The number of carbonyl (C=O) groups excluding carboxylic acids is 1. The van der Waals surface area contributed by atoms with E-state index < -0.39 is 12.1 Å². The number of carbonyl (C=O) groups is 2. The molecule has 0 atom stereocenters. The van der Waals surface area contributed by atoms with Gasteiger partial charge in [-0.2, -0.15) is 0 Å². The van der Waals surface area contributed by atoms with Crippen LogP contribution in [0.1, 0.15) is 38.7 Å². The zero-order valence-corrected chi connectivity index (χ0v) is 17.0.